The third kappa shape index (κ3) is 3.14. The van der Waals surface area contributed by atoms with Gasteiger partial charge in [0.2, 0.25) is 0 Å². The average molecular weight is 279 g/mol. The molecule has 0 saturated carbocycles. The van der Waals surface area contributed by atoms with Crippen molar-refractivity contribution < 1.29 is 9.50 Å². The fourth-order valence-electron chi connectivity index (χ4n) is 2.30. The molecule has 1 N–H and O–H groups in total. The number of rotatable bonds is 4. The molecule has 2 aromatic carbocycles. The van der Waals surface area contributed by atoms with Crippen LogP contribution >= 0.6 is 11.6 Å². The summed E-state index contributed by atoms with van der Waals surface area (Å²) in [6.45, 7) is 1.99. The maximum absolute atomic E-state index is 13.3. The smallest absolute Gasteiger partial charge is 0.123 e. The second kappa shape index (κ2) is 6.18. The van der Waals surface area contributed by atoms with Gasteiger partial charge >= 0.3 is 0 Å². The van der Waals surface area contributed by atoms with E-state index in [2.05, 4.69) is 0 Å². The molecule has 2 rings (SSSR count). The molecule has 0 heterocycles. The molecule has 0 aliphatic heterocycles. The van der Waals surface area contributed by atoms with E-state index in [1.165, 1.54) is 18.2 Å². The van der Waals surface area contributed by atoms with Crippen molar-refractivity contribution in [2.45, 2.75) is 25.4 Å². The molecule has 2 atom stereocenters. The van der Waals surface area contributed by atoms with Gasteiger partial charge in [0.25, 0.3) is 0 Å². The lowest BCUT2D eigenvalue weighted by molar-refractivity contribution is 0.142. The molecule has 2 aromatic rings. The lowest BCUT2D eigenvalue weighted by atomic mass is 9.87. The van der Waals surface area contributed by atoms with Crippen LogP contribution < -0.4 is 0 Å². The van der Waals surface area contributed by atoms with Crippen molar-refractivity contribution in [3.63, 3.8) is 0 Å². The monoisotopic (exact) mass is 278 g/mol. The summed E-state index contributed by atoms with van der Waals surface area (Å²) in [5, 5.41) is 10.9. The van der Waals surface area contributed by atoms with Crippen molar-refractivity contribution in [3.8, 4) is 0 Å². The lowest BCUT2D eigenvalue weighted by Crippen LogP contribution is -2.11. The number of hydrogen-bond donors (Lipinski definition) is 1. The Labute approximate surface area is 117 Å². The molecule has 1 nitrogen and oxygen atoms in total. The molecule has 3 heteroatoms. The fourth-order valence-corrected chi connectivity index (χ4v) is 2.53. The summed E-state index contributed by atoms with van der Waals surface area (Å²) in [4.78, 5) is 0. The first kappa shape index (κ1) is 14.0. The number of aliphatic hydroxyl groups excluding tert-OH is 1. The van der Waals surface area contributed by atoms with E-state index in [1.807, 2.05) is 37.3 Å². The Morgan fingerprint density at radius 2 is 1.84 bits per heavy atom. The second-order valence-electron chi connectivity index (χ2n) is 4.54. The van der Waals surface area contributed by atoms with E-state index >= 15 is 0 Å². The number of benzene rings is 2. The van der Waals surface area contributed by atoms with Gasteiger partial charge < -0.3 is 5.11 Å². The molecule has 0 aliphatic carbocycles. The van der Waals surface area contributed by atoms with Crippen molar-refractivity contribution in [2.24, 2.45) is 0 Å². The minimum absolute atomic E-state index is 0.0968. The molecule has 0 aromatic heterocycles. The van der Waals surface area contributed by atoms with Crippen molar-refractivity contribution >= 4 is 11.6 Å². The SMILES string of the molecule is CCC(c1ccccc1)C(O)c1cc(F)ccc1Cl. The van der Waals surface area contributed by atoms with Crippen LogP contribution in [0.1, 0.15) is 36.5 Å². The predicted octanol–water partition coefficient (Wildman–Crippen LogP) is 4.71. The molecular formula is C16H16ClFO. The van der Waals surface area contributed by atoms with Gasteiger partial charge in [0.1, 0.15) is 5.82 Å². The zero-order valence-electron chi connectivity index (χ0n) is 10.7. The Kier molecular flexibility index (Phi) is 4.56. The Morgan fingerprint density at radius 3 is 2.47 bits per heavy atom. The average Bonchev–Trinajstić information content (AvgIpc) is 2.43. The van der Waals surface area contributed by atoms with Gasteiger partial charge in [-0.05, 0) is 30.2 Å². The molecule has 0 amide bonds. The molecule has 0 fully saturated rings. The lowest BCUT2D eigenvalue weighted by Gasteiger charge is -2.23. The van der Waals surface area contributed by atoms with Gasteiger partial charge in [-0.1, -0.05) is 48.9 Å². The standard InChI is InChI=1S/C16H16ClFO/c1-2-13(11-6-4-3-5-7-11)16(19)14-10-12(18)8-9-15(14)17/h3-10,13,16,19H,2H2,1H3. The van der Waals surface area contributed by atoms with Crippen molar-refractivity contribution in [2.75, 3.05) is 0 Å². The van der Waals surface area contributed by atoms with Crippen LogP contribution in [0.15, 0.2) is 48.5 Å². The van der Waals surface area contributed by atoms with Gasteiger partial charge in [0.15, 0.2) is 0 Å². The highest BCUT2D eigenvalue weighted by Gasteiger charge is 2.23. The van der Waals surface area contributed by atoms with Crippen molar-refractivity contribution in [3.05, 3.63) is 70.5 Å². The zero-order chi connectivity index (χ0) is 13.8. The van der Waals surface area contributed by atoms with Gasteiger partial charge in [-0.15, -0.1) is 0 Å². The van der Waals surface area contributed by atoms with E-state index in [9.17, 15) is 9.50 Å². The normalized spacial score (nSPS) is 14.1. The Balaban J connectivity index is 2.36. The van der Waals surface area contributed by atoms with Gasteiger partial charge in [0.05, 0.1) is 6.10 Å². The predicted molar refractivity (Wildman–Crippen MR) is 75.8 cm³/mol. The Morgan fingerprint density at radius 1 is 1.16 bits per heavy atom. The third-order valence-electron chi connectivity index (χ3n) is 3.33. The maximum atomic E-state index is 13.3. The molecule has 19 heavy (non-hydrogen) atoms. The first-order chi connectivity index (χ1) is 9.13. The van der Waals surface area contributed by atoms with Gasteiger partial charge in [-0.3, -0.25) is 0 Å². The highest BCUT2D eigenvalue weighted by atomic mass is 35.5. The van der Waals surface area contributed by atoms with E-state index in [4.69, 9.17) is 11.6 Å². The molecule has 0 aliphatic rings. The van der Waals surface area contributed by atoms with E-state index in [0.717, 1.165) is 12.0 Å². The molecule has 0 bridgehead atoms. The van der Waals surface area contributed by atoms with Crippen LogP contribution in [0.5, 0.6) is 0 Å². The van der Waals surface area contributed by atoms with Crippen LogP contribution in [0.2, 0.25) is 5.02 Å². The van der Waals surface area contributed by atoms with Gasteiger partial charge in [0, 0.05) is 16.5 Å². The first-order valence-electron chi connectivity index (χ1n) is 6.31. The van der Waals surface area contributed by atoms with Gasteiger partial charge in [-0.25, -0.2) is 4.39 Å². The van der Waals surface area contributed by atoms with Gasteiger partial charge in [-0.2, -0.15) is 0 Å². The summed E-state index contributed by atoms with van der Waals surface area (Å²) in [5.74, 6) is -0.484. The van der Waals surface area contributed by atoms with Crippen molar-refractivity contribution in [1.29, 1.82) is 0 Å². The van der Waals surface area contributed by atoms with Crippen LogP contribution in [-0.2, 0) is 0 Å². The zero-order valence-corrected chi connectivity index (χ0v) is 11.4. The van der Waals surface area contributed by atoms with Crippen LogP contribution in [-0.4, -0.2) is 5.11 Å². The van der Waals surface area contributed by atoms with Crippen LogP contribution in [0.25, 0.3) is 0 Å². The van der Waals surface area contributed by atoms with Crippen molar-refractivity contribution in [1.82, 2.24) is 0 Å². The first-order valence-corrected chi connectivity index (χ1v) is 6.69. The maximum Gasteiger partial charge on any atom is 0.123 e. The Bertz CT molecular complexity index is 542. The van der Waals surface area contributed by atoms with E-state index < -0.39 is 6.10 Å². The summed E-state index contributed by atoms with van der Waals surface area (Å²) >= 11 is 6.05. The molecule has 0 saturated heterocycles. The fraction of sp³-hybridized carbons (Fsp3) is 0.250. The minimum atomic E-state index is -0.810. The topological polar surface area (TPSA) is 20.2 Å². The summed E-state index contributed by atoms with van der Waals surface area (Å²) in [6, 6.07) is 13.8. The molecular weight excluding hydrogens is 263 g/mol. The highest BCUT2D eigenvalue weighted by Crippen LogP contribution is 2.36. The summed E-state index contributed by atoms with van der Waals surface area (Å²) < 4.78 is 13.3. The summed E-state index contributed by atoms with van der Waals surface area (Å²) in [5.41, 5.74) is 1.47. The molecule has 0 spiro atoms. The third-order valence-corrected chi connectivity index (χ3v) is 3.67. The summed E-state index contributed by atoms with van der Waals surface area (Å²) in [6.07, 6.45) is -0.0616. The van der Waals surface area contributed by atoms with E-state index in [0.29, 0.717) is 10.6 Å². The number of hydrogen-bond acceptors (Lipinski definition) is 1. The molecule has 100 valence electrons. The van der Waals surface area contributed by atoms with Crippen LogP contribution in [0.4, 0.5) is 4.39 Å². The van der Waals surface area contributed by atoms with E-state index in [1.54, 1.807) is 0 Å². The number of halogens is 2. The Hall–Kier alpha value is -1.38. The minimum Gasteiger partial charge on any atom is -0.388 e. The van der Waals surface area contributed by atoms with Crippen LogP contribution in [0, 0.1) is 5.82 Å². The largest absolute Gasteiger partial charge is 0.388 e. The summed E-state index contributed by atoms with van der Waals surface area (Å²) in [7, 11) is 0. The molecule has 2 unspecified atom stereocenters. The quantitative estimate of drug-likeness (QED) is 0.859. The second-order valence-corrected chi connectivity index (χ2v) is 4.94. The van der Waals surface area contributed by atoms with Crippen LogP contribution in [0.3, 0.4) is 0 Å². The number of aliphatic hydroxyl groups is 1. The molecule has 0 radical (unpaired) electrons. The highest BCUT2D eigenvalue weighted by molar-refractivity contribution is 6.31. The van der Waals surface area contributed by atoms with E-state index in [-0.39, 0.29) is 11.7 Å².